The second kappa shape index (κ2) is 5.67. The predicted octanol–water partition coefficient (Wildman–Crippen LogP) is 0.823. The van der Waals surface area contributed by atoms with E-state index in [-0.39, 0.29) is 23.7 Å². The Balaban J connectivity index is 2.14. The van der Waals surface area contributed by atoms with Gasteiger partial charge in [-0.15, -0.1) is 0 Å². The van der Waals surface area contributed by atoms with Gasteiger partial charge in [0.05, 0.1) is 18.3 Å². The van der Waals surface area contributed by atoms with Crippen LogP contribution in [-0.4, -0.2) is 16.2 Å². The van der Waals surface area contributed by atoms with E-state index in [1.165, 1.54) is 16.7 Å². The van der Waals surface area contributed by atoms with E-state index >= 15 is 0 Å². The van der Waals surface area contributed by atoms with Gasteiger partial charge in [0.25, 0.3) is 5.56 Å². The molecule has 2 aromatic rings. The number of rotatable bonds is 3. The molecule has 0 bridgehead atoms. The van der Waals surface area contributed by atoms with Crippen molar-refractivity contribution < 1.29 is 9.50 Å². The summed E-state index contributed by atoms with van der Waals surface area (Å²) < 4.78 is 14.5. The number of halogens is 1. The van der Waals surface area contributed by atoms with Crippen molar-refractivity contribution >= 4 is 11.5 Å². The molecule has 0 aliphatic carbocycles. The van der Waals surface area contributed by atoms with Gasteiger partial charge in [0, 0.05) is 17.1 Å². The van der Waals surface area contributed by atoms with Crippen molar-refractivity contribution in [3.05, 3.63) is 68.7 Å². The highest BCUT2D eigenvalue weighted by molar-refractivity contribution is 5.52. The molecule has 1 aromatic carbocycles. The number of aliphatic hydroxyl groups is 1. The first kappa shape index (κ1) is 14.4. The molecule has 0 amide bonds. The molecule has 4 nitrogen and oxygen atoms in total. The highest BCUT2D eigenvalue weighted by atomic mass is 19.1. The van der Waals surface area contributed by atoms with Crippen molar-refractivity contribution in [3.63, 3.8) is 0 Å². The number of hydrogen-bond acceptors (Lipinski definition) is 3. The summed E-state index contributed by atoms with van der Waals surface area (Å²) in [4.78, 5) is 12.6. The number of nitrogens with zero attached hydrogens (tertiary/aromatic N) is 1. The molecule has 0 saturated carbocycles. The molecule has 3 rings (SSSR count). The number of nitrogens with one attached hydrogen (secondary N) is 1. The topological polar surface area (TPSA) is 54.3 Å². The van der Waals surface area contributed by atoms with E-state index in [0.717, 1.165) is 22.9 Å². The Kier molecular flexibility index (Phi) is 3.71. The van der Waals surface area contributed by atoms with Crippen LogP contribution in [0.3, 0.4) is 0 Å². The lowest BCUT2D eigenvalue weighted by molar-refractivity contribution is 0.478. The third-order valence-electron chi connectivity index (χ3n) is 3.87. The van der Waals surface area contributed by atoms with Crippen LogP contribution in [0.1, 0.15) is 18.9 Å². The van der Waals surface area contributed by atoms with E-state index in [1.807, 2.05) is 13.0 Å². The Bertz CT molecular complexity index is 882. The maximum Gasteiger partial charge on any atom is 0.262 e. The molecule has 0 radical (unpaired) electrons. The van der Waals surface area contributed by atoms with Gasteiger partial charge in [-0.1, -0.05) is 19.1 Å². The van der Waals surface area contributed by atoms with Gasteiger partial charge in [0.15, 0.2) is 0 Å². The van der Waals surface area contributed by atoms with Gasteiger partial charge in [-0.25, -0.2) is 4.39 Å². The first-order chi connectivity index (χ1) is 10.6. The fourth-order valence-electron chi connectivity index (χ4n) is 2.71. The van der Waals surface area contributed by atoms with Crippen LogP contribution < -0.4 is 21.3 Å². The van der Waals surface area contributed by atoms with Crippen molar-refractivity contribution in [3.8, 4) is 0 Å². The van der Waals surface area contributed by atoms with Crippen molar-refractivity contribution in [2.24, 2.45) is 0 Å². The number of hydrogen-bond donors (Lipinski definition) is 2. The van der Waals surface area contributed by atoms with Crippen LogP contribution in [0.5, 0.6) is 0 Å². The maximum absolute atomic E-state index is 12.9. The zero-order valence-corrected chi connectivity index (χ0v) is 12.3. The highest BCUT2D eigenvalue weighted by Crippen LogP contribution is 2.04. The quantitative estimate of drug-likeness (QED) is 0.882. The van der Waals surface area contributed by atoms with Crippen LogP contribution in [0.4, 0.5) is 4.39 Å². The van der Waals surface area contributed by atoms with Crippen molar-refractivity contribution in [2.45, 2.75) is 19.9 Å². The zero-order chi connectivity index (χ0) is 15.7. The lowest BCUT2D eigenvalue weighted by Crippen LogP contribution is -2.51. The molecule has 0 unspecified atom stereocenters. The summed E-state index contributed by atoms with van der Waals surface area (Å²) in [6.07, 6.45) is 2.47. The first-order valence-electron chi connectivity index (χ1n) is 7.23. The molecule has 1 aromatic heterocycles. The largest absolute Gasteiger partial charge is 0.510 e. The molecule has 0 fully saturated rings. The molecular weight excluding hydrogens is 283 g/mol. The van der Waals surface area contributed by atoms with Gasteiger partial charge < -0.3 is 15.0 Å². The summed E-state index contributed by atoms with van der Waals surface area (Å²) in [7, 11) is 0. The minimum absolute atomic E-state index is 0.0608. The van der Waals surface area contributed by atoms with Crippen LogP contribution in [0.25, 0.3) is 11.5 Å². The fraction of sp³-hybridized carbons (Fsp3) is 0.235. The SMILES string of the molecule is CCC1=c2ccn(Cc3ccc(F)cc3)c(=O)c2=C(O)CN1. The van der Waals surface area contributed by atoms with Crippen LogP contribution in [0, 0.1) is 5.82 Å². The molecule has 0 saturated heterocycles. The molecule has 5 heteroatoms. The molecular formula is C17H17FN2O2. The van der Waals surface area contributed by atoms with Gasteiger partial charge in [0.2, 0.25) is 0 Å². The van der Waals surface area contributed by atoms with Crippen molar-refractivity contribution in [1.29, 1.82) is 0 Å². The van der Waals surface area contributed by atoms with E-state index < -0.39 is 0 Å². The monoisotopic (exact) mass is 300 g/mol. The molecule has 2 heterocycles. The average Bonchev–Trinajstić information content (AvgIpc) is 2.52. The number of aromatic nitrogens is 1. The van der Waals surface area contributed by atoms with Crippen LogP contribution in [0.15, 0.2) is 41.3 Å². The Hall–Kier alpha value is -2.56. The average molecular weight is 300 g/mol. The zero-order valence-electron chi connectivity index (χ0n) is 12.3. The van der Waals surface area contributed by atoms with Crippen LogP contribution in [0.2, 0.25) is 0 Å². The van der Waals surface area contributed by atoms with E-state index in [9.17, 15) is 14.3 Å². The molecule has 0 atom stereocenters. The lowest BCUT2D eigenvalue weighted by Gasteiger charge is -2.15. The molecule has 0 spiro atoms. The van der Waals surface area contributed by atoms with Crippen molar-refractivity contribution in [1.82, 2.24) is 9.88 Å². The number of pyridine rings is 1. The third-order valence-corrected chi connectivity index (χ3v) is 3.87. The summed E-state index contributed by atoms with van der Waals surface area (Å²) in [6, 6.07) is 7.87. The van der Waals surface area contributed by atoms with E-state index in [0.29, 0.717) is 11.8 Å². The Morgan fingerprint density at radius 1 is 1.27 bits per heavy atom. The van der Waals surface area contributed by atoms with Crippen LogP contribution >= 0.6 is 0 Å². The summed E-state index contributed by atoms with van der Waals surface area (Å²) in [5.74, 6) is -0.244. The van der Waals surface area contributed by atoms with Gasteiger partial charge in [-0.2, -0.15) is 0 Å². The Morgan fingerprint density at radius 2 is 2.00 bits per heavy atom. The number of aliphatic hydroxyl groups excluding tert-OH is 1. The predicted molar refractivity (Wildman–Crippen MR) is 83.2 cm³/mol. The van der Waals surface area contributed by atoms with Gasteiger partial charge >= 0.3 is 0 Å². The second-order valence-corrected chi connectivity index (χ2v) is 5.30. The molecule has 114 valence electrons. The fourth-order valence-corrected chi connectivity index (χ4v) is 2.71. The minimum atomic E-state index is -0.305. The van der Waals surface area contributed by atoms with Crippen molar-refractivity contribution in [2.75, 3.05) is 6.54 Å². The Morgan fingerprint density at radius 3 is 2.68 bits per heavy atom. The number of benzene rings is 1. The Labute approximate surface area is 126 Å². The molecule has 22 heavy (non-hydrogen) atoms. The molecule has 1 aliphatic heterocycles. The summed E-state index contributed by atoms with van der Waals surface area (Å²) in [6.45, 7) is 2.61. The van der Waals surface area contributed by atoms with Gasteiger partial charge in [-0.3, -0.25) is 4.79 Å². The number of fused-ring (bicyclic) bond motifs is 1. The second-order valence-electron chi connectivity index (χ2n) is 5.30. The van der Waals surface area contributed by atoms with E-state index in [1.54, 1.807) is 18.3 Å². The first-order valence-corrected chi connectivity index (χ1v) is 7.23. The van der Waals surface area contributed by atoms with Crippen LogP contribution in [-0.2, 0) is 6.54 Å². The smallest absolute Gasteiger partial charge is 0.262 e. The maximum atomic E-state index is 12.9. The van der Waals surface area contributed by atoms with E-state index in [4.69, 9.17) is 0 Å². The summed E-state index contributed by atoms with van der Waals surface area (Å²) in [5.41, 5.74) is 1.56. The van der Waals surface area contributed by atoms with Gasteiger partial charge in [0.1, 0.15) is 11.6 Å². The van der Waals surface area contributed by atoms with E-state index in [2.05, 4.69) is 5.32 Å². The molecule has 2 N–H and O–H groups in total. The molecule has 1 aliphatic rings. The lowest BCUT2D eigenvalue weighted by atomic mass is 10.1. The van der Waals surface area contributed by atoms with Gasteiger partial charge in [-0.05, 0) is 30.2 Å². The summed E-state index contributed by atoms with van der Waals surface area (Å²) >= 11 is 0. The summed E-state index contributed by atoms with van der Waals surface area (Å²) in [5, 5.41) is 14.3. The minimum Gasteiger partial charge on any atom is -0.510 e. The third kappa shape index (κ3) is 2.50. The standard InChI is InChI=1S/C17H17FN2O2/c1-2-14-13-7-8-20(10-11-3-5-12(18)6-4-11)17(22)16(13)15(21)9-19-14/h3-8,19,21H,2,9-10H2,1H3. The highest BCUT2D eigenvalue weighted by Gasteiger charge is 2.12. The normalized spacial score (nSPS) is 13.7.